The highest BCUT2D eigenvalue weighted by molar-refractivity contribution is 5.86. The van der Waals surface area contributed by atoms with Crippen LogP contribution in [0.4, 0.5) is 4.79 Å². The van der Waals surface area contributed by atoms with Crippen LogP contribution in [0, 0.1) is 11.8 Å². The second-order valence-corrected chi connectivity index (χ2v) is 5.23. The number of nitrogens with one attached hydrogen (secondary N) is 1. The zero-order valence-electron chi connectivity index (χ0n) is 11.8. The topological polar surface area (TPSA) is 122 Å². The molecule has 20 heavy (non-hydrogen) atoms. The molecule has 0 saturated carbocycles. The van der Waals surface area contributed by atoms with Gasteiger partial charge < -0.3 is 25.8 Å². The number of nitrogens with zero attached hydrogens (tertiary/aromatic N) is 1. The molecule has 1 rings (SSSR count). The number of hydrogen-bond donors (Lipinski definition) is 3. The average Bonchev–Trinajstić information content (AvgIpc) is 2.82. The van der Waals surface area contributed by atoms with E-state index in [0.29, 0.717) is 0 Å². The Bertz CT molecular complexity index is 399. The van der Waals surface area contributed by atoms with Crippen molar-refractivity contribution in [2.24, 2.45) is 17.6 Å². The first-order valence-electron chi connectivity index (χ1n) is 6.38. The second kappa shape index (κ2) is 6.56. The molecule has 0 radical (unpaired) electrons. The monoisotopic (exact) mass is 287 g/mol. The minimum atomic E-state index is -1.01. The lowest BCUT2D eigenvalue weighted by Gasteiger charge is -2.29. The summed E-state index contributed by atoms with van der Waals surface area (Å²) >= 11 is 0. The van der Waals surface area contributed by atoms with Crippen molar-refractivity contribution in [2.75, 3.05) is 20.3 Å². The van der Waals surface area contributed by atoms with E-state index in [1.54, 1.807) is 13.8 Å². The molecular formula is C12H21N3O5. The van der Waals surface area contributed by atoms with E-state index in [-0.39, 0.29) is 19.1 Å². The Kier molecular flexibility index (Phi) is 5.32. The van der Waals surface area contributed by atoms with Crippen molar-refractivity contribution < 1.29 is 24.2 Å². The Morgan fingerprint density at radius 2 is 1.95 bits per heavy atom. The van der Waals surface area contributed by atoms with Gasteiger partial charge in [0.25, 0.3) is 0 Å². The number of amides is 3. The molecule has 1 heterocycles. The molecule has 8 heteroatoms. The number of ether oxygens (including phenoxy) is 1. The summed E-state index contributed by atoms with van der Waals surface area (Å²) in [6, 6.07) is -1.90. The van der Waals surface area contributed by atoms with Gasteiger partial charge in [-0.25, -0.2) is 4.79 Å². The van der Waals surface area contributed by atoms with Crippen molar-refractivity contribution in [3.8, 4) is 0 Å². The van der Waals surface area contributed by atoms with Gasteiger partial charge >= 0.3 is 12.0 Å². The van der Waals surface area contributed by atoms with E-state index in [1.165, 1.54) is 11.9 Å². The standard InChI is InChI=1S/C12H21N3O5/c1-6(2)9(10(13)16)14-12(19)15(3)8-5-20-4-7(8)11(17)18/h6-9H,4-5H2,1-3H3,(H2,13,16)(H,14,19)(H,17,18). The van der Waals surface area contributed by atoms with E-state index in [2.05, 4.69) is 5.32 Å². The highest BCUT2D eigenvalue weighted by Crippen LogP contribution is 2.19. The van der Waals surface area contributed by atoms with Gasteiger partial charge in [-0.3, -0.25) is 9.59 Å². The fourth-order valence-corrected chi connectivity index (χ4v) is 2.11. The lowest BCUT2D eigenvalue weighted by Crippen LogP contribution is -2.55. The molecule has 1 fully saturated rings. The van der Waals surface area contributed by atoms with E-state index >= 15 is 0 Å². The third kappa shape index (κ3) is 3.60. The highest BCUT2D eigenvalue weighted by atomic mass is 16.5. The van der Waals surface area contributed by atoms with Gasteiger partial charge in [0.2, 0.25) is 5.91 Å². The maximum atomic E-state index is 12.1. The molecule has 3 unspecified atom stereocenters. The highest BCUT2D eigenvalue weighted by Gasteiger charge is 2.39. The van der Waals surface area contributed by atoms with Crippen molar-refractivity contribution in [2.45, 2.75) is 25.9 Å². The number of likely N-dealkylation sites (N-methyl/N-ethyl adjacent to an activating group) is 1. The lowest BCUT2D eigenvalue weighted by atomic mass is 10.0. The maximum absolute atomic E-state index is 12.1. The van der Waals surface area contributed by atoms with Crippen LogP contribution in [0.25, 0.3) is 0 Å². The largest absolute Gasteiger partial charge is 0.481 e. The molecule has 114 valence electrons. The van der Waals surface area contributed by atoms with Crippen LogP contribution in [0.5, 0.6) is 0 Å². The summed E-state index contributed by atoms with van der Waals surface area (Å²) in [5.41, 5.74) is 5.22. The molecule has 3 atom stereocenters. The zero-order chi connectivity index (χ0) is 15.4. The number of carbonyl (C=O) groups excluding carboxylic acids is 2. The SMILES string of the molecule is CC(C)C(NC(=O)N(C)C1COCC1C(=O)O)C(N)=O. The number of primary amides is 1. The predicted octanol–water partition coefficient (Wildman–Crippen LogP) is -0.763. The summed E-state index contributed by atoms with van der Waals surface area (Å²) < 4.78 is 5.11. The fourth-order valence-electron chi connectivity index (χ4n) is 2.11. The Morgan fingerprint density at radius 3 is 2.40 bits per heavy atom. The van der Waals surface area contributed by atoms with Gasteiger partial charge in [0.15, 0.2) is 0 Å². The number of carbonyl (C=O) groups is 3. The smallest absolute Gasteiger partial charge is 0.318 e. The van der Waals surface area contributed by atoms with Crippen LogP contribution in [0.3, 0.4) is 0 Å². The minimum absolute atomic E-state index is 0.0705. The van der Waals surface area contributed by atoms with E-state index in [4.69, 9.17) is 15.6 Å². The van der Waals surface area contributed by atoms with E-state index in [0.717, 1.165) is 0 Å². The molecule has 0 aromatic heterocycles. The Morgan fingerprint density at radius 1 is 1.35 bits per heavy atom. The van der Waals surface area contributed by atoms with Crippen molar-refractivity contribution in [1.82, 2.24) is 10.2 Å². The molecule has 1 aliphatic heterocycles. The number of nitrogens with two attached hydrogens (primary N) is 1. The molecule has 0 spiro atoms. The number of carboxylic acid groups (broad SMARTS) is 1. The first-order valence-corrected chi connectivity index (χ1v) is 6.38. The summed E-state index contributed by atoms with van der Waals surface area (Å²) in [5, 5.41) is 11.6. The number of hydrogen-bond acceptors (Lipinski definition) is 4. The number of aliphatic carboxylic acids is 1. The van der Waals surface area contributed by atoms with Gasteiger partial charge in [-0.2, -0.15) is 0 Å². The van der Waals surface area contributed by atoms with Crippen molar-refractivity contribution in [3.05, 3.63) is 0 Å². The van der Waals surface area contributed by atoms with E-state index < -0.39 is 35.9 Å². The molecule has 4 N–H and O–H groups in total. The van der Waals surface area contributed by atoms with Crippen molar-refractivity contribution in [3.63, 3.8) is 0 Å². The number of carboxylic acids is 1. The van der Waals surface area contributed by atoms with Crippen LogP contribution in [0.15, 0.2) is 0 Å². The minimum Gasteiger partial charge on any atom is -0.481 e. The molecule has 3 amide bonds. The number of urea groups is 1. The molecular weight excluding hydrogens is 266 g/mol. The molecule has 0 aliphatic carbocycles. The Balaban J connectivity index is 2.71. The number of rotatable bonds is 5. The van der Waals surface area contributed by atoms with Crippen LogP contribution < -0.4 is 11.1 Å². The molecule has 8 nitrogen and oxygen atoms in total. The molecule has 0 aromatic carbocycles. The zero-order valence-corrected chi connectivity index (χ0v) is 11.8. The maximum Gasteiger partial charge on any atom is 0.318 e. The van der Waals surface area contributed by atoms with Gasteiger partial charge in [-0.15, -0.1) is 0 Å². The molecule has 0 bridgehead atoms. The summed E-state index contributed by atoms with van der Waals surface area (Å²) in [6.45, 7) is 3.74. The summed E-state index contributed by atoms with van der Waals surface area (Å²) in [5.74, 6) is -2.56. The molecule has 0 aromatic rings. The van der Waals surface area contributed by atoms with E-state index in [1.807, 2.05) is 0 Å². The van der Waals surface area contributed by atoms with Gasteiger partial charge in [0.05, 0.1) is 19.3 Å². The van der Waals surface area contributed by atoms with Gasteiger partial charge in [-0.05, 0) is 5.92 Å². The summed E-state index contributed by atoms with van der Waals surface area (Å²) in [6.07, 6.45) is 0. The molecule has 1 saturated heterocycles. The van der Waals surface area contributed by atoms with Crippen LogP contribution in [-0.4, -0.2) is 60.3 Å². The van der Waals surface area contributed by atoms with Crippen LogP contribution in [0.1, 0.15) is 13.8 Å². The summed E-state index contributed by atoms with van der Waals surface area (Å²) in [4.78, 5) is 35.7. The first-order chi connectivity index (χ1) is 9.25. The second-order valence-electron chi connectivity index (χ2n) is 5.23. The average molecular weight is 287 g/mol. The fraction of sp³-hybridized carbons (Fsp3) is 0.750. The van der Waals surface area contributed by atoms with Crippen LogP contribution >= 0.6 is 0 Å². The Hall–Kier alpha value is -1.83. The van der Waals surface area contributed by atoms with Crippen molar-refractivity contribution in [1.29, 1.82) is 0 Å². The quantitative estimate of drug-likeness (QED) is 0.613. The normalized spacial score (nSPS) is 23.4. The van der Waals surface area contributed by atoms with E-state index in [9.17, 15) is 14.4 Å². The summed E-state index contributed by atoms with van der Waals surface area (Å²) in [7, 11) is 1.48. The third-order valence-electron chi connectivity index (χ3n) is 3.44. The lowest BCUT2D eigenvalue weighted by molar-refractivity contribution is -0.142. The third-order valence-corrected chi connectivity index (χ3v) is 3.44. The van der Waals surface area contributed by atoms with Gasteiger partial charge in [0, 0.05) is 7.05 Å². The Labute approximate surface area is 117 Å². The van der Waals surface area contributed by atoms with Gasteiger partial charge in [-0.1, -0.05) is 13.8 Å². The van der Waals surface area contributed by atoms with Crippen LogP contribution in [0.2, 0.25) is 0 Å². The van der Waals surface area contributed by atoms with Gasteiger partial charge in [0.1, 0.15) is 12.0 Å². The van der Waals surface area contributed by atoms with Crippen LogP contribution in [-0.2, 0) is 14.3 Å². The molecule has 1 aliphatic rings. The predicted molar refractivity (Wildman–Crippen MR) is 69.8 cm³/mol. The first kappa shape index (κ1) is 16.2. The van der Waals surface area contributed by atoms with Crippen molar-refractivity contribution >= 4 is 17.9 Å².